The summed E-state index contributed by atoms with van der Waals surface area (Å²) in [7, 11) is 6.58. The smallest absolute Gasteiger partial charge is 0.252 e. The first-order chi connectivity index (χ1) is 5.44. The van der Waals surface area contributed by atoms with E-state index in [1.54, 1.807) is 6.92 Å². The standard InChI is InChI=1S/C8H15BF2O/c1-4-6(2)8(10,11)5-7(9)12-3/h6-7H,4-5H2,1-3H3/t6-,7?/m1/s1. The minimum Gasteiger partial charge on any atom is -0.391 e. The Morgan fingerprint density at radius 2 is 2.00 bits per heavy atom. The van der Waals surface area contributed by atoms with Gasteiger partial charge in [0.25, 0.3) is 5.92 Å². The van der Waals surface area contributed by atoms with Crippen molar-refractivity contribution < 1.29 is 13.5 Å². The van der Waals surface area contributed by atoms with Gasteiger partial charge >= 0.3 is 0 Å². The van der Waals surface area contributed by atoms with E-state index in [0.29, 0.717) is 6.42 Å². The van der Waals surface area contributed by atoms with Crippen molar-refractivity contribution in [1.82, 2.24) is 0 Å². The van der Waals surface area contributed by atoms with Crippen molar-refractivity contribution in [2.75, 3.05) is 7.11 Å². The predicted molar refractivity (Wildman–Crippen MR) is 45.6 cm³/mol. The van der Waals surface area contributed by atoms with Gasteiger partial charge in [-0.05, 0) is 6.42 Å². The van der Waals surface area contributed by atoms with E-state index in [9.17, 15) is 8.78 Å². The predicted octanol–water partition coefficient (Wildman–Crippen LogP) is 2.20. The van der Waals surface area contributed by atoms with Crippen molar-refractivity contribution in [3.8, 4) is 0 Å². The number of alkyl halides is 2. The number of hydrogen-bond acceptors (Lipinski definition) is 1. The molecule has 4 heteroatoms. The molecule has 0 aromatic heterocycles. The van der Waals surface area contributed by atoms with Crippen molar-refractivity contribution in [3.05, 3.63) is 0 Å². The van der Waals surface area contributed by atoms with E-state index >= 15 is 0 Å². The Labute approximate surface area is 73.9 Å². The molecular weight excluding hydrogens is 161 g/mol. The van der Waals surface area contributed by atoms with Crippen molar-refractivity contribution in [2.24, 2.45) is 5.92 Å². The Kier molecular flexibility index (Phi) is 4.75. The number of ether oxygens (including phenoxy) is 1. The van der Waals surface area contributed by atoms with Crippen molar-refractivity contribution >= 4 is 7.85 Å². The molecule has 0 bridgehead atoms. The SMILES string of the molecule is [B]C(CC(F)(F)[C@H](C)CC)OC. The molecule has 0 N–H and O–H groups in total. The normalized spacial score (nSPS) is 17.4. The van der Waals surface area contributed by atoms with Gasteiger partial charge in [-0.15, -0.1) is 0 Å². The molecule has 70 valence electrons. The highest BCUT2D eigenvalue weighted by Crippen LogP contribution is 2.31. The zero-order chi connectivity index (χ0) is 9.78. The van der Waals surface area contributed by atoms with Gasteiger partial charge < -0.3 is 4.74 Å². The van der Waals surface area contributed by atoms with Gasteiger partial charge in [0.1, 0.15) is 7.85 Å². The fraction of sp³-hybridized carbons (Fsp3) is 1.00. The van der Waals surface area contributed by atoms with E-state index in [-0.39, 0.29) is 0 Å². The summed E-state index contributed by atoms with van der Waals surface area (Å²) in [6.45, 7) is 3.25. The highest BCUT2D eigenvalue weighted by molar-refractivity contribution is 6.11. The third-order valence-corrected chi connectivity index (χ3v) is 2.11. The van der Waals surface area contributed by atoms with Crippen LogP contribution in [0.25, 0.3) is 0 Å². The second-order valence-electron chi connectivity index (χ2n) is 3.05. The molecule has 2 atom stereocenters. The molecule has 0 aliphatic rings. The highest BCUT2D eigenvalue weighted by Gasteiger charge is 2.36. The Bertz CT molecular complexity index is 130. The van der Waals surface area contributed by atoms with Crippen LogP contribution in [0.15, 0.2) is 0 Å². The van der Waals surface area contributed by atoms with E-state index in [2.05, 4.69) is 4.74 Å². The summed E-state index contributed by atoms with van der Waals surface area (Å²) in [6, 6.07) is -0.867. The topological polar surface area (TPSA) is 9.23 Å². The van der Waals surface area contributed by atoms with Crippen LogP contribution in [0.3, 0.4) is 0 Å². The van der Waals surface area contributed by atoms with Crippen LogP contribution < -0.4 is 0 Å². The monoisotopic (exact) mass is 176 g/mol. The lowest BCUT2D eigenvalue weighted by Gasteiger charge is -2.25. The van der Waals surface area contributed by atoms with Crippen molar-refractivity contribution in [1.29, 1.82) is 0 Å². The van der Waals surface area contributed by atoms with Crippen LogP contribution in [-0.2, 0) is 4.74 Å². The van der Waals surface area contributed by atoms with Crippen molar-refractivity contribution in [2.45, 2.75) is 38.6 Å². The van der Waals surface area contributed by atoms with Crippen LogP contribution in [-0.4, -0.2) is 26.9 Å². The number of hydrogen-bond donors (Lipinski definition) is 0. The molecule has 12 heavy (non-hydrogen) atoms. The number of rotatable bonds is 5. The highest BCUT2D eigenvalue weighted by atomic mass is 19.3. The van der Waals surface area contributed by atoms with Crippen molar-refractivity contribution in [3.63, 3.8) is 0 Å². The minimum atomic E-state index is -2.72. The van der Waals surface area contributed by atoms with Gasteiger partial charge in [-0.1, -0.05) is 13.8 Å². The van der Waals surface area contributed by atoms with Gasteiger partial charge in [0, 0.05) is 25.5 Å². The van der Waals surface area contributed by atoms with Crippen LogP contribution in [0.2, 0.25) is 0 Å². The third-order valence-electron chi connectivity index (χ3n) is 2.11. The largest absolute Gasteiger partial charge is 0.391 e. The van der Waals surface area contributed by atoms with Gasteiger partial charge in [-0.2, -0.15) is 0 Å². The first kappa shape index (κ1) is 11.9. The second-order valence-corrected chi connectivity index (χ2v) is 3.05. The lowest BCUT2D eigenvalue weighted by molar-refractivity contribution is -0.0799. The molecule has 0 amide bonds. The van der Waals surface area contributed by atoms with E-state index in [1.807, 2.05) is 0 Å². The summed E-state index contributed by atoms with van der Waals surface area (Å²) in [5.41, 5.74) is 0. The third kappa shape index (κ3) is 3.52. The molecule has 0 aliphatic carbocycles. The quantitative estimate of drug-likeness (QED) is 0.583. The molecule has 2 radical (unpaired) electrons. The molecule has 1 unspecified atom stereocenters. The van der Waals surface area contributed by atoms with Crippen LogP contribution in [0.1, 0.15) is 26.7 Å². The first-order valence-electron chi connectivity index (χ1n) is 4.10. The average molecular weight is 176 g/mol. The van der Waals surface area contributed by atoms with Crippen LogP contribution in [0.5, 0.6) is 0 Å². The van der Waals surface area contributed by atoms with Gasteiger partial charge in [0.2, 0.25) is 0 Å². The zero-order valence-electron chi connectivity index (χ0n) is 7.81. The van der Waals surface area contributed by atoms with Gasteiger partial charge in [-0.25, -0.2) is 8.78 Å². The summed E-state index contributed by atoms with van der Waals surface area (Å²) in [4.78, 5) is 0. The summed E-state index contributed by atoms with van der Waals surface area (Å²) in [6.07, 6.45) is 0.0436. The molecule has 0 aromatic rings. The van der Waals surface area contributed by atoms with Crippen LogP contribution in [0.4, 0.5) is 8.78 Å². The van der Waals surface area contributed by atoms with E-state index < -0.39 is 24.3 Å². The Hall–Kier alpha value is -0.115. The second kappa shape index (κ2) is 4.80. The molecule has 0 saturated heterocycles. The Balaban J connectivity index is 4.02. The molecular formula is C8H15BF2O. The Morgan fingerprint density at radius 1 is 1.50 bits per heavy atom. The maximum absolute atomic E-state index is 13.1. The minimum absolute atomic E-state index is 0.404. The lowest BCUT2D eigenvalue weighted by Crippen LogP contribution is -2.31. The molecule has 0 heterocycles. The first-order valence-corrected chi connectivity index (χ1v) is 4.10. The van der Waals surface area contributed by atoms with Crippen LogP contribution in [0, 0.1) is 5.92 Å². The molecule has 0 saturated carbocycles. The van der Waals surface area contributed by atoms with Gasteiger partial charge in [0.05, 0.1) is 0 Å². The Morgan fingerprint density at radius 3 is 2.33 bits per heavy atom. The summed E-state index contributed by atoms with van der Waals surface area (Å²) >= 11 is 0. The number of methoxy groups -OCH3 is 1. The summed E-state index contributed by atoms with van der Waals surface area (Å²) < 4.78 is 30.8. The van der Waals surface area contributed by atoms with E-state index in [4.69, 9.17) is 7.85 Å². The zero-order valence-corrected chi connectivity index (χ0v) is 7.81. The lowest BCUT2D eigenvalue weighted by atomic mass is 9.88. The fourth-order valence-electron chi connectivity index (χ4n) is 0.851. The fourth-order valence-corrected chi connectivity index (χ4v) is 0.851. The maximum Gasteiger partial charge on any atom is 0.252 e. The molecule has 0 rings (SSSR count). The molecule has 0 fully saturated rings. The molecule has 0 aliphatic heterocycles. The summed E-state index contributed by atoms with van der Waals surface area (Å²) in [5.74, 6) is -3.36. The van der Waals surface area contributed by atoms with E-state index in [0.717, 1.165) is 0 Å². The average Bonchev–Trinajstić information content (AvgIpc) is 2.02. The van der Waals surface area contributed by atoms with Gasteiger partial charge in [-0.3, -0.25) is 0 Å². The molecule has 0 aromatic carbocycles. The maximum atomic E-state index is 13.1. The van der Waals surface area contributed by atoms with Gasteiger partial charge in [0.15, 0.2) is 0 Å². The molecule has 1 nitrogen and oxygen atoms in total. The molecule has 0 spiro atoms. The summed E-state index contributed by atoms with van der Waals surface area (Å²) in [5, 5.41) is 0. The van der Waals surface area contributed by atoms with E-state index in [1.165, 1.54) is 14.0 Å². The number of halogens is 2. The van der Waals surface area contributed by atoms with Crippen LogP contribution >= 0.6 is 0 Å².